The molecule has 0 fully saturated rings. The molecule has 1 N–H and O–H groups in total. The summed E-state index contributed by atoms with van der Waals surface area (Å²) < 4.78 is 6.17. The van der Waals surface area contributed by atoms with E-state index in [9.17, 15) is 14.4 Å². The third-order valence-corrected chi connectivity index (χ3v) is 6.68. The fraction of sp³-hybridized carbons (Fsp3) is 0.417. The zero-order valence-electron chi connectivity index (χ0n) is 20.1. The van der Waals surface area contributed by atoms with Gasteiger partial charge in [-0.25, -0.2) is 9.78 Å². The van der Waals surface area contributed by atoms with E-state index in [0.29, 0.717) is 16.9 Å². The maximum Gasteiger partial charge on any atom is 0.332 e. The number of carbonyl (C=O) groups excluding carboxylic acids is 1. The van der Waals surface area contributed by atoms with Gasteiger partial charge in [0.05, 0.1) is 6.33 Å². The highest BCUT2D eigenvalue weighted by Gasteiger charge is 2.18. The van der Waals surface area contributed by atoms with Gasteiger partial charge in [-0.15, -0.1) is 10.2 Å². The van der Waals surface area contributed by atoms with Crippen molar-refractivity contribution in [3.05, 3.63) is 56.8 Å². The van der Waals surface area contributed by atoms with Crippen LogP contribution in [0.4, 0.5) is 5.69 Å². The Kier molecular flexibility index (Phi) is 5.83. The van der Waals surface area contributed by atoms with Crippen LogP contribution < -0.4 is 16.6 Å². The molecule has 0 saturated heterocycles. The number of aryl methyl sites for hydroxylation is 4. The van der Waals surface area contributed by atoms with Gasteiger partial charge in [0, 0.05) is 51.3 Å². The number of hydrogen-bond acceptors (Lipinski definition) is 6. The average Bonchev–Trinajstić information content (AvgIpc) is 3.38. The van der Waals surface area contributed by atoms with Crippen molar-refractivity contribution in [3.63, 3.8) is 0 Å². The van der Waals surface area contributed by atoms with E-state index in [2.05, 4.69) is 25.1 Å². The maximum absolute atomic E-state index is 12.8. The van der Waals surface area contributed by atoms with Crippen LogP contribution in [0.2, 0.25) is 0 Å². The van der Waals surface area contributed by atoms with Crippen LogP contribution in [-0.2, 0) is 38.4 Å². The van der Waals surface area contributed by atoms with E-state index in [1.807, 2.05) is 25.1 Å². The first-order valence-corrected chi connectivity index (χ1v) is 11.8. The first kappa shape index (κ1) is 22.8. The molecule has 5 rings (SSSR count). The van der Waals surface area contributed by atoms with Crippen LogP contribution in [-0.4, -0.2) is 39.4 Å². The SMILES string of the molecule is Cc1ccc(-c2nnc3n2CCCCC3)cc1NC(=O)CCn1cnc2c1c(=O)n(C)c(=O)n2C. The minimum Gasteiger partial charge on any atom is -0.326 e. The summed E-state index contributed by atoms with van der Waals surface area (Å²) in [6.07, 6.45) is 5.98. The highest BCUT2D eigenvalue weighted by Crippen LogP contribution is 2.27. The highest BCUT2D eigenvalue weighted by molar-refractivity contribution is 5.92. The van der Waals surface area contributed by atoms with E-state index in [-0.39, 0.29) is 18.9 Å². The van der Waals surface area contributed by atoms with Crippen LogP contribution in [0, 0.1) is 6.92 Å². The Morgan fingerprint density at radius 3 is 2.74 bits per heavy atom. The summed E-state index contributed by atoms with van der Waals surface area (Å²) in [6, 6.07) is 5.91. The first-order valence-electron chi connectivity index (χ1n) is 11.8. The Morgan fingerprint density at radius 2 is 1.91 bits per heavy atom. The van der Waals surface area contributed by atoms with Crippen molar-refractivity contribution in [2.75, 3.05) is 5.32 Å². The molecule has 1 amide bonds. The van der Waals surface area contributed by atoms with Crippen molar-refractivity contribution in [2.24, 2.45) is 14.1 Å². The molecule has 1 aromatic carbocycles. The van der Waals surface area contributed by atoms with Crippen molar-refractivity contribution in [1.82, 2.24) is 33.4 Å². The van der Waals surface area contributed by atoms with Gasteiger partial charge in [0.15, 0.2) is 17.0 Å². The number of fused-ring (bicyclic) bond motifs is 2. The third-order valence-electron chi connectivity index (χ3n) is 6.68. The molecule has 11 nitrogen and oxygen atoms in total. The fourth-order valence-electron chi connectivity index (χ4n) is 4.60. The van der Waals surface area contributed by atoms with E-state index >= 15 is 0 Å². The fourth-order valence-corrected chi connectivity index (χ4v) is 4.60. The molecule has 0 atom stereocenters. The van der Waals surface area contributed by atoms with Crippen LogP contribution >= 0.6 is 0 Å². The predicted molar refractivity (Wildman–Crippen MR) is 131 cm³/mol. The van der Waals surface area contributed by atoms with E-state index in [1.54, 1.807) is 11.6 Å². The lowest BCUT2D eigenvalue weighted by molar-refractivity contribution is -0.116. The Labute approximate surface area is 201 Å². The molecule has 4 aromatic rings. The van der Waals surface area contributed by atoms with Crippen LogP contribution in [0.1, 0.15) is 37.1 Å². The molecule has 0 saturated carbocycles. The van der Waals surface area contributed by atoms with Crippen LogP contribution in [0.5, 0.6) is 0 Å². The van der Waals surface area contributed by atoms with Gasteiger partial charge in [-0.05, 0) is 31.4 Å². The Morgan fingerprint density at radius 1 is 1.09 bits per heavy atom. The van der Waals surface area contributed by atoms with Gasteiger partial charge in [-0.1, -0.05) is 18.6 Å². The molecule has 3 aromatic heterocycles. The van der Waals surface area contributed by atoms with E-state index in [0.717, 1.165) is 53.2 Å². The quantitative estimate of drug-likeness (QED) is 0.468. The lowest BCUT2D eigenvalue weighted by Crippen LogP contribution is -2.37. The number of hydrogen-bond donors (Lipinski definition) is 1. The third kappa shape index (κ3) is 4.07. The number of nitrogens with zero attached hydrogens (tertiary/aromatic N) is 7. The largest absolute Gasteiger partial charge is 0.332 e. The molecule has 0 spiro atoms. The van der Waals surface area contributed by atoms with E-state index < -0.39 is 11.2 Å². The number of rotatable bonds is 5. The summed E-state index contributed by atoms with van der Waals surface area (Å²) in [4.78, 5) is 41.8. The Bertz CT molecular complexity index is 1560. The van der Waals surface area contributed by atoms with Gasteiger partial charge in [-0.3, -0.25) is 18.7 Å². The highest BCUT2D eigenvalue weighted by atomic mass is 16.2. The van der Waals surface area contributed by atoms with E-state index in [4.69, 9.17) is 0 Å². The second kappa shape index (κ2) is 8.97. The molecule has 4 heterocycles. The Hall–Kier alpha value is -4.02. The van der Waals surface area contributed by atoms with Crippen molar-refractivity contribution >= 4 is 22.8 Å². The van der Waals surface area contributed by atoms with E-state index in [1.165, 1.54) is 24.4 Å². The molecule has 0 bridgehead atoms. The monoisotopic (exact) mass is 476 g/mol. The zero-order valence-corrected chi connectivity index (χ0v) is 20.1. The molecular weight excluding hydrogens is 448 g/mol. The Balaban J connectivity index is 1.35. The number of imidazole rings is 1. The standard InChI is InChI=1S/C24H28N8O3/c1-15-8-9-16(21-28-27-18-7-5-4-6-11-32(18)21)13-17(15)26-19(33)10-12-31-14-25-22-20(31)23(34)30(3)24(35)29(22)2/h8-9,13-14H,4-7,10-12H2,1-3H3,(H,26,33). The van der Waals surface area contributed by atoms with Crippen molar-refractivity contribution < 1.29 is 4.79 Å². The molecule has 1 aliphatic rings. The molecule has 0 radical (unpaired) electrons. The minimum absolute atomic E-state index is 0.140. The van der Waals surface area contributed by atoms with Gasteiger partial charge >= 0.3 is 5.69 Å². The lowest BCUT2D eigenvalue weighted by Gasteiger charge is -2.12. The van der Waals surface area contributed by atoms with Gasteiger partial charge in [-0.2, -0.15) is 0 Å². The molecule has 11 heteroatoms. The molecule has 0 unspecified atom stereocenters. The molecule has 1 aliphatic heterocycles. The number of nitrogens with one attached hydrogen (secondary N) is 1. The topological polar surface area (TPSA) is 122 Å². The number of benzene rings is 1. The van der Waals surface area contributed by atoms with Crippen LogP contribution in [0.15, 0.2) is 34.1 Å². The minimum atomic E-state index is -0.439. The van der Waals surface area contributed by atoms with Gasteiger partial charge in [0.25, 0.3) is 5.56 Å². The summed E-state index contributed by atoms with van der Waals surface area (Å²) in [5, 5.41) is 11.8. The lowest BCUT2D eigenvalue weighted by atomic mass is 10.1. The van der Waals surface area contributed by atoms with Crippen LogP contribution in [0.3, 0.4) is 0 Å². The molecule has 35 heavy (non-hydrogen) atoms. The number of carbonyl (C=O) groups is 1. The van der Waals surface area contributed by atoms with Crippen molar-refractivity contribution in [2.45, 2.75) is 52.1 Å². The summed E-state index contributed by atoms with van der Waals surface area (Å²) in [5.74, 6) is 1.65. The van der Waals surface area contributed by atoms with Crippen LogP contribution in [0.25, 0.3) is 22.6 Å². The van der Waals surface area contributed by atoms with Gasteiger partial charge in [0.2, 0.25) is 5.91 Å². The zero-order chi connectivity index (χ0) is 24.7. The normalized spacial score (nSPS) is 13.6. The second-order valence-electron chi connectivity index (χ2n) is 9.05. The number of aromatic nitrogens is 7. The smallest absolute Gasteiger partial charge is 0.326 e. The molecule has 182 valence electrons. The second-order valence-corrected chi connectivity index (χ2v) is 9.05. The van der Waals surface area contributed by atoms with Crippen molar-refractivity contribution in [3.8, 4) is 11.4 Å². The number of amides is 1. The summed E-state index contributed by atoms with van der Waals surface area (Å²) >= 11 is 0. The van der Waals surface area contributed by atoms with Crippen molar-refractivity contribution in [1.29, 1.82) is 0 Å². The number of anilines is 1. The van der Waals surface area contributed by atoms with Gasteiger partial charge in [0.1, 0.15) is 5.82 Å². The average molecular weight is 477 g/mol. The van der Waals surface area contributed by atoms with Gasteiger partial charge < -0.3 is 14.5 Å². The summed E-state index contributed by atoms with van der Waals surface area (Å²) in [5.41, 5.74) is 2.29. The molecular formula is C24H28N8O3. The maximum atomic E-state index is 12.8. The summed E-state index contributed by atoms with van der Waals surface area (Å²) in [7, 11) is 3.00. The summed E-state index contributed by atoms with van der Waals surface area (Å²) in [6.45, 7) is 3.10. The first-order chi connectivity index (χ1) is 16.8. The predicted octanol–water partition coefficient (Wildman–Crippen LogP) is 1.76. The molecule has 0 aliphatic carbocycles.